The molecule has 0 saturated carbocycles. The number of nitrogens with one attached hydrogen (secondary N) is 2. The van der Waals surface area contributed by atoms with Crippen molar-refractivity contribution in [3.8, 4) is 0 Å². The lowest BCUT2D eigenvalue weighted by Gasteiger charge is -2.18. The van der Waals surface area contributed by atoms with E-state index < -0.39 is 34.4 Å². The molecule has 152 valence electrons. The largest absolute Gasteiger partial charge is 0.329 e. The summed E-state index contributed by atoms with van der Waals surface area (Å²) in [6, 6.07) is 3.51. The Hall–Kier alpha value is -2.17. The van der Waals surface area contributed by atoms with Crippen LogP contribution in [0.2, 0.25) is 5.02 Å². The van der Waals surface area contributed by atoms with Crippen LogP contribution in [0, 0.1) is 5.92 Å². The summed E-state index contributed by atoms with van der Waals surface area (Å²) in [5.74, 6) is -0.803. The Balaban J connectivity index is 1.75. The first-order chi connectivity index (χ1) is 13.2. The van der Waals surface area contributed by atoms with Crippen molar-refractivity contribution in [2.24, 2.45) is 5.92 Å². The topological polar surface area (TPSA) is 116 Å². The van der Waals surface area contributed by atoms with Crippen LogP contribution in [0.3, 0.4) is 0 Å². The molecule has 2 aliphatic heterocycles. The number of urea groups is 1. The van der Waals surface area contributed by atoms with Gasteiger partial charge in [0.25, 0.3) is 5.91 Å². The van der Waals surface area contributed by atoms with Crippen molar-refractivity contribution in [2.75, 3.05) is 31.5 Å². The second-order valence-electron chi connectivity index (χ2n) is 6.76. The van der Waals surface area contributed by atoms with Crippen molar-refractivity contribution < 1.29 is 22.8 Å². The summed E-state index contributed by atoms with van der Waals surface area (Å²) in [6.07, 6.45) is 1.70. The predicted octanol–water partition coefficient (Wildman–Crippen LogP) is 1.25. The van der Waals surface area contributed by atoms with Crippen LogP contribution in [0.15, 0.2) is 23.1 Å². The van der Waals surface area contributed by atoms with E-state index in [2.05, 4.69) is 10.6 Å². The molecule has 1 atom stereocenters. The molecule has 2 N–H and O–H groups in total. The summed E-state index contributed by atoms with van der Waals surface area (Å²) in [4.78, 5) is 35.9. The maximum absolute atomic E-state index is 12.9. The van der Waals surface area contributed by atoms with Crippen LogP contribution in [0.1, 0.15) is 19.8 Å². The molecule has 28 heavy (non-hydrogen) atoms. The molecule has 11 heteroatoms. The molecule has 2 aliphatic rings. The molecule has 9 nitrogen and oxygen atoms in total. The Labute approximate surface area is 168 Å². The van der Waals surface area contributed by atoms with Crippen LogP contribution in [0.25, 0.3) is 0 Å². The van der Waals surface area contributed by atoms with Gasteiger partial charge in [-0.25, -0.2) is 13.2 Å². The minimum atomic E-state index is -3.79. The number of hydrogen-bond donors (Lipinski definition) is 2. The van der Waals surface area contributed by atoms with Gasteiger partial charge in [0.15, 0.2) is 0 Å². The van der Waals surface area contributed by atoms with Crippen molar-refractivity contribution in [1.29, 1.82) is 0 Å². The molecule has 2 fully saturated rings. The highest BCUT2D eigenvalue weighted by molar-refractivity contribution is 7.89. The van der Waals surface area contributed by atoms with Gasteiger partial charge < -0.3 is 10.6 Å². The number of rotatable bonds is 6. The summed E-state index contributed by atoms with van der Waals surface area (Å²) in [6.45, 7) is 2.29. The van der Waals surface area contributed by atoms with Gasteiger partial charge in [0.1, 0.15) is 11.4 Å². The quantitative estimate of drug-likeness (QED) is 0.661. The molecular formula is C17H21ClN4O5S. The molecule has 2 heterocycles. The van der Waals surface area contributed by atoms with Crippen LogP contribution in [-0.4, -0.2) is 61.6 Å². The summed E-state index contributed by atoms with van der Waals surface area (Å²) in [5, 5.41) is 4.89. The molecule has 3 rings (SSSR count). The molecule has 0 radical (unpaired) electrons. The highest BCUT2D eigenvalue weighted by Gasteiger charge is 2.34. The van der Waals surface area contributed by atoms with Crippen molar-refractivity contribution in [3.05, 3.63) is 23.2 Å². The molecule has 0 spiro atoms. The highest BCUT2D eigenvalue weighted by atomic mass is 35.5. The van der Waals surface area contributed by atoms with Gasteiger partial charge in [0.05, 0.1) is 11.6 Å². The number of hydrogen-bond acceptors (Lipinski definition) is 5. The number of benzene rings is 1. The normalized spacial score (nSPS) is 20.5. The van der Waals surface area contributed by atoms with E-state index >= 15 is 0 Å². The average Bonchev–Trinajstić information content (AvgIpc) is 3.26. The Morgan fingerprint density at radius 1 is 1.36 bits per heavy atom. The Morgan fingerprint density at radius 3 is 2.71 bits per heavy atom. The van der Waals surface area contributed by atoms with Crippen molar-refractivity contribution >= 4 is 45.2 Å². The van der Waals surface area contributed by atoms with E-state index in [4.69, 9.17) is 11.6 Å². The molecule has 0 aliphatic carbocycles. The molecule has 4 amide bonds. The van der Waals surface area contributed by atoms with Gasteiger partial charge in [-0.1, -0.05) is 24.9 Å². The van der Waals surface area contributed by atoms with E-state index in [1.54, 1.807) is 0 Å². The van der Waals surface area contributed by atoms with Gasteiger partial charge in [-0.3, -0.25) is 14.5 Å². The third kappa shape index (κ3) is 4.13. The number of sulfonamides is 1. The lowest BCUT2D eigenvalue weighted by Crippen LogP contribution is -2.38. The second-order valence-corrected chi connectivity index (χ2v) is 9.07. The zero-order chi connectivity index (χ0) is 20.5. The fourth-order valence-corrected chi connectivity index (χ4v) is 5.26. The highest BCUT2D eigenvalue weighted by Crippen LogP contribution is 2.31. The van der Waals surface area contributed by atoms with Crippen LogP contribution in [-0.2, 0) is 19.6 Å². The maximum atomic E-state index is 12.9. The minimum Gasteiger partial charge on any atom is -0.329 e. The zero-order valence-corrected chi connectivity index (χ0v) is 16.8. The Kier molecular flexibility index (Phi) is 5.92. The molecule has 0 bridgehead atoms. The number of nitrogens with zero attached hydrogens (tertiary/aromatic N) is 2. The van der Waals surface area contributed by atoms with E-state index in [1.165, 1.54) is 22.5 Å². The van der Waals surface area contributed by atoms with E-state index in [1.807, 2.05) is 6.92 Å². The summed E-state index contributed by atoms with van der Waals surface area (Å²) in [5.41, 5.74) is 0.214. The maximum Gasteiger partial charge on any atom is 0.325 e. The van der Waals surface area contributed by atoms with E-state index in [0.29, 0.717) is 19.0 Å². The van der Waals surface area contributed by atoms with E-state index in [9.17, 15) is 22.8 Å². The first-order valence-electron chi connectivity index (χ1n) is 8.90. The van der Waals surface area contributed by atoms with Crippen molar-refractivity contribution in [1.82, 2.24) is 14.5 Å². The van der Waals surface area contributed by atoms with Gasteiger partial charge in [-0.05, 0) is 30.5 Å². The number of carbonyl (C=O) groups excluding carboxylic acids is 3. The number of anilines is 1. The average molecular weight is 429 g/mol. The number of halogens is 1. The molecule has 1 aromatic carbocycles. The van der Waals surface area contributed by atoms with Crippen LogP contribution in [0.4, 0.5) is 10.5 Å². The van der Waals surface area contributed by atoms with Gasteiger partial charge in [0, 0.05) is 18.8 Å². The fourth-order valence-electron chi connectivity index (χ4n) is 3.23. The smallest absolute Gasteiger partial charge is 0.325 e. The van der Waals surface area contributed by atoms with Gasteiger partial charge >= 0.3 is 6.03 Å². The first-order valence-corrected chi connectivity index (χ1v) is 10.7. The lowest BCUT2D eigenvalue weighted by atomic mass is 10.1. The van der Waals surface area contributed by atoms with Crippen molar-refractivity contribution in [3.63, 3.8) is 0 Å². The third-order valence-corrected chi connectivity index (χ3v) is 7.24. The molecule has 2 saturated heterocycles. The summed E-state index contributed by atoms with van der Waals surface area (Å²) >= 11 is 6.12. The summed E-state index contributed by atoms with van der Waals surface area (Å²) < 4.78 is 27.3. The van der Waals surface area contributed by atoms with E-state index in [0.717, 1.165) is 17.7 Å². The number of amides is 4. The molecule has 1 unspecified atom stereocenters. The number of carbonyl (C=O) groups is 3. The van der Waals surface area contributed by atoms with E-state index in [-0.39, 0.29) is 22.2 Å². The zero-order valence-electron chi connectivity index (χ0n) is 15.3. The molecule has 0 aromatic heterocycles. The second kappa shape index (κ2) is 8.06. The minimum absolute atomic E-state index is 0.0621. The third-order valence-electron chi connectivity index (χ3n) is 4.90. The van der Waals surface area contributed by atoms with Gasteiger partial charge in [-0.15, -0.1) is 0 Å². The van der Waals surface area contributed by atoms with Crippen molar-refractivity contribution in [2.45, 2.75) is 24.7 Å². The summed E-state index contributed by atoms with van der Waals surface area (Å²) in [7, 11) is -3.79. The monoisotopic (exact) mass is 428 g/mol. The standard InChI is InChI=1S/C17H21ClN4O5S/c1-2-11-5-6-21(9-11)28(26,27)14-7-12(3-4-13(14)18)20-15(23)10-22-16(24)8-19-17(22)25/h3-4,7,11H,2,5-6,8-10H2,1H3,(H,19,25)(H,20,23). The number of imide groups is 1. The first kappa shape index (κ1) is 20.6. The van der Waals surface area contributed by atoms with Gasteiger partial charge in [-0.2, -0.15) is 4.31 Å². The predicted molar refractivity (Wildman–Crippen MR) is 102 cm³/mol. The fraction of sp³-hybridized carbons (Fsp3) is 0.471. The molecular weight excluding hydrogens is 408 g/mol. The molecule has 1 aromatic rings. The van der Waals surface area contributed by atoms with Crippen LogP contribution >= 0.6 is 11.6 Å². The Morgan fingerprint density at radius 2 is 2.11 bits per heavy atom. The van der Waals surface area contributed by atoms with Gasteiger partial charge in [0.2, 0.25) is 15.9 Å². The Bertz CT molecular complexity index is 904. The van der Waals surface area contributed by atoms with Crippen LogP contribution in [0.5, 0.6) is 0 Å². The lowest BCUT2D eigenvalue weighted by molar-refractivity contribution is -0.128. The SMILES string of the molecule is CCC1CCN(S(=O)(=O)c2cc(NC(=O)CN3C(=O)CNC3=O)ccc2Cl)C1. The van der Waals surface area contributed by atoms with Crippen LogP contribution < -0.4 is 10.6 Å².